The number of aromatic nitrogens is 1. The molecular weight excluding hydrogens is 438 g/mol. The number of carboxylic acids is 1. The highest BCUT2D eigenvalue weighted by molar-refractivity contribution is 7.06. The molecule has 0 aliphatic rings. The summed E-state index contributed by atoms with van der Waals surface area (Å²) < 4.78 is 70.9. The van der Waals surface area contributed by atoms with Crippen LogP contribution in [0.15, 0.2) is 30.3 Å². The van der Waals surface area contributed by atoms with Crippen LogP contribution in [0.2, 0.25) is 0 Å². The molecule has 3 rings (SSSR count). The molecule has 10 heteroatoms. The standard InChI is InChI=1S/C21H17F4NO4S/c1-29-12-3-4-13(15(23)8-12)20-14(18(9-22)31-26-20)10-30-21-16(24)6-11(7-17(21)25)2-5-19(27)28/h3-4,6-8H,2,5,9-10H2,1H3,(H,27,28). The molecule has 0 radical (unpaired) electrons. The van der Waals surface area contributed by atoms with Crippen LogP contribution >= 0.6 is 11.5 Å². The van der Waals surface area contributed by atoms with Crippen LogP contribution < -0.4 is 9.47 Å². The fourth-order valence-corrected chi connectivity index (χ4v) is 3.64. The Morgan fingerprint density at radius 2 is 1.84 bits per heavy atom. The molecule has 1 N–H and O–H groups in total. The molecule has 0 atom stereocenters. The number of carbonyl (C=O) groups is 1. The van der Waals surface area contributed by atoms with E-state index in [1.54, 1.807) is 0 Å². The number of rotatable bonds is 9. The van der Waals surface area contributed by atoms with Crippen LogP contribution in [-0.2, 0) is 24.5 Å². The first-order valence-corrected chi connectivity index (χ1v) is 9.81. The molecule has 0 aliphatic carbocycles. The topological polar surface area (TPSA) is 68.7 Å². The van der Waals surface area contributed by atoms with Crippen molar-refractivity contribution in [1.82, 2.24) is 4.37 Å². The summed E-state index contributed by atoms with van der Waals surface area (Å²) in [5.41, 5.74) is 0.509. The summed E-state index contributed by atoms with van der Waals surface area (Å²) in [6.45, 7) is -1.36. The van der Waals surface area contributed by atoms with E-state index in [1.165, 1.54) is 19.2 Å². The van der Waals surface area contributed by atoms with E-state index < -0.39 is 42.5 Å². The van der Waals surface area contributed by atoms with Crippen molar-refractivity contribution >= 4 is 17.5 Å². The van der Waals surface area contributed by atoms with E-state index in [0.717, 1.165) is 29.7 Å². The zero-order valence-electron chi connectivity index (χ0n) is 16.3. The third kappa shape index (κ3) is 5.13. The predicted molar refractivity (Wildman–Crippen MR) is 106 cm³/mol. The van der Waals surface area contributed by atoms with E-state index in [2.05, 4.69) is 4.37 Å². The van der Waals surface area contributed by atoms with Crippen LogP contribution in [-0.4, -0.2) is 22.6 Å². The van der Waals surface area contributed by atoms with Crippen molar-refractivity contribution in [2.24, 2.45) is 0 Å². The molecule has 0 spiro atoms. The number of carboxylic acid groups (broad SMARTS) is 1. The van der Waals surface area contributed by atoms with Gasteiger partial charge in [-0.2, -0.15) is 4.37 Å². The van der Waals surface area contributed by atoms with Crippen molar-refractivity contribution in [3.05, 3.63) is 63.8 Å². The van der Waals surface area contributed by atoms with Gasteiger partial charge in [-0.3, -0.25) is 4.79 Å². The summed E-state index contributed by atoms with van der Waals surface area (Å²) in [6, 6.07) is 6.02. The first-order chi connectivity index (χ1) is 14.8. The molecule has 0 amide bonds. The molecule has 0 fully saturated rings. The number of aliphatic carboxylic acids is 1. The first kappa shape index (κ1) is 22.5. The number of benzene rings is 2. The second-order valence-corrected chi connectivity index (χ2v) is 7.34. The Balaban J connectivity index is 1.87. The van der Waals surface area contributed by atoms with Crippen LogP contribution in [0.25, 0.3) is 11.3 Å². The highest BCUT2D eigenvalue weighted by Gasteiger charge is 2.21. The summed E-state index contributed by atoms with van der Waals surface area (Å²) >= 11 is 0.799. The third-order valence-electron chi connectivity index (χ3n) is 4.47. The fraction of sp³-hybridized carbons (Fsp3) is 0.238. The van der Waals surface area contributed by atoms with Crippen LogP contribution in [0.3, 0.4) is 0 Å². The lowest BCUT2D eigenvalue weighted by Gasteiger charge is -2.12. The number of methoxy groups -OCH3 is 1. The summed E-state index contributed by atoms with van der Waals surface area (Å²) in [4.78, 5) is 10.8. The minimum Gasteiger partial charge on any atom is -0.497 e. The molecule has 31 heavy (non-hydrogen) atoms. The number of alkyl halides is 1. The van der Waals surface area contributed by atoms with Crippen LogP contribution in [0.4, 0.5) is 17.6 Å². The second-order valence-electron chi connectivity index (χ2n) is 6.48. The highest BCUT2D eigenvalue weighted by atomic mass is 32.1. The number of hydrogen-bond acceptors (Lipinski definition) is 5. The number of nitrogens with zero attached hydrogens (tertiary/aromatic N) is 1. The number of aryl methyl sites for hydroxylation is 1. The average Bonchev–Trinajstić information content (AvgIpc) is 3.14. The second kappa shape index (κ2) is 9.78. The van der Waals surface area contributed by atoms with Crippen molar-refractivity contribution < 1.29 is 36.9 Å². The van der Waals surface area contributed by atoms with E-state index in [4.69, 9.17) is 14.6 Å². The Kier molecular flexibility index (Phi) is 7.11. The number of ether oxygens (including phenoxy) is 2. The normalized spacial score (nSPS) is 10.9. The van der Waals surface area contributed by atoms with Crippen LogP contribution in [0.5, 0.6) is 11.5 Å². The van der Waals surface area contributed by atoms with E-state index in [-0.39, 0.29) is 45.9 Å². The van der Waals surface area contributed by atoms with Gasteiger partial charge in [-0.15, -0.1) is 0 Å². The van der Waals surface area contributed by atoms with E-state index >= 15 is 0 Å². The zero-order valence-corrected chi connectivity index (χ0v) is 17.1. The van der Waals surface area contributed by atoms with Gasteiger partial charge in [0.2, 0.25) is 0 Å². The number of halogens is 4. The molecule has 0 unspecified atom stereocenters. The molecule has 164 valence electrons. The summed E-state index contributed by atoms with van der Waals surface area (Å²) in [5.74, 6) is -4.21. The Labute approximate surface area is 179 Å². The van der Waals surface area contributed by atoms with Gasteiger partial charge in [0.05, 0.1) is 17.7 Å². The van der Waals surface area contributed by atoms with E-state index in [0.29, 0.717) is 0 Å². The molecule has 1 heterocycles. The van der Waals surface area contributed by atoms with Crippen LogP contribution in [0, 0.1) is 17.5 Å². The van der Waals surface area contributed by atoms with E-state index in [1.807, 2.05) is 0 Å². The highest BCUT2D eigenvalue weighted by Crippen LogP contribution is 2.34. The Bertz CT molecular complexity index is 1080. The Morgan fingerprint density at radius 3 is 2.42 bits per heavy atom. The van der Waals surface area contributed by atoms with Gasteiger partial charge < -0.3 is 14.6 Å². The van der Waals surface area contributed by atoms with Gasteiger partial charge in [-0.25, -0.2) is 17.6 Å². The minimum atomic E-state index is -1.09. The minimum absolute atomic E-state index is 0.0508. The zero-order chi connectivity index (χ0) is 22.5. The van der Waals surface area contributed by atoms with Gasteiger partial charge in [-0.1, -0.05) is 0 Å². The maximum absolute atomic E-state index is 14.5. The van der Waals surface area contributed by atoms with Crippen molar-refractivity contribution in [3.8, 4) is 22.8 Å². The molecule has 5 nitrogen and oxygen atoms in total. The lowest BCUT2D eigenvalue weighted by atomic mass is 10.1. The smallest absolute Gasteiger partial charge is 0.303 e. The van der Waals surface area contributed by atoms with Gasteiger partial charge in [0.25, 0.3) is 0 Å². The van der Waals surface area contributed by atoms with Gasteiger partial charge >= 0.3 is 5.97 Å². The first-order valence-electron chi connectivity index (χ1n) is 9.03. The van der Waals surface area contributed by atoms with Gasteiger partial charge in [0.1, 0.15) is 24.8 Å². The molecule has 3 aromatic rings. The maximum Gasteiger partial charge on any atom is 0.303 e. The van der Waals surface area contributed by atoms with Crippen molar-refractivity contribution in [1.29, 1.82) is 0 Å². The maximum atomic E-state index is 14.5. The number of hydrogen-bond donors (Lipinski definition) is 1. The van der Waals surface area contributed by atoms with Gasteiger partial charge in [0.15, 0.2) is 17.4 Å². The van der Waals surface area contributed by atoms with Crippen molar-refractivity contribution in [3.63, 3.8) is 0 Å². The molecule has 0 saturated carbocycles. The lowest BCUT2D eigenvalue weighted by molar-refractivity contribution is -0.136. The van der Waals surface area contributed by atoms with Crippen LogP contribution in [0.1, 0.15) is 22.4 Å². The quantitative estimate of drug-likeness (QED) is 0.444. The Morgan fingerprint density at radius 1 is 1.13 bits per heavy atom. The molecule has 1 aromatic heterocycles. The van der Waals surface area contributed by atoms with Crippen molar-refractivity contribution in [2.75, 3.05) is 7.11 Å². The largest absolute Gasteiger partial charge is 0.497 e. The molecule has 0 saturated heterocycles. The molecule has 0 bridgehead atoms. The molecular formula is C21H17F4NO4S. The average molecular weight is 455 g/mol. The summed E-state index contributed by atoms with van der Waals surface area (Å²) in [6.07, 6.45) is -0.332. The predicted octanol–water partition coefficient (Wildman–Crippen LogP) is 5.30. The lowest BCUT2D eigenvalue weighted by Crippen LogP contribution is -2.04. The van der Waals surface area contributed by atoms with Crippen molar-refractivity contribution in [2.45, 2.75) is 26.1 Å². The van der Waals surface area contributed by atoms with Gasteiger partial charge in [0, 0.05) is 23.6 Å². The van der Waals surface area contributed by atoms with E-state index in [9.17, 15) is 22.4 Å². The molecule has 2 aromatic carbocycles. The SMILES string of the molecule is COc1ccc(-c2nsc(CF)c2COc2c(F)cc(CCC(=O)O)cc2F)c(F)c1. The monoisotopic (exact) mass is 455 g/mol. The Hall–Kier alpha value is -3.14. The fourth-order valence-electron chi connectivity index (χ4n) is 2.91. The summed E-state index contributed by atoms with van der Waals surface area (Å²) in [5, 5.41) is 8.69. The third-order valence-corrected chi connectivity index (χ3v) is 5.32. The molecule has 0 aliphatic heterocycles. The van der Waals surface area contributed by atoms with Gasteiger partial charge in [-0.05, 0) is 47.8 Å². The summed E-state index contributed by atoms with van der Waals surface area (Å²) in [7, 11) is 1.38.